The maximum Gasteiger partial charge on any atom is 0.242 e. The Labute approximate surface area is 140 Å². The van der Waals surface area contributed by atoms with Crippen LogP contribution in [0.15, 0.2) is 41.8 Å². The van der Waals surface area contributed by atoms with Crippen molar-refractivity contribution in [2.75, 3.05) is 0 Å². The predicted molar refractivity (Wildman–Crippen MR) is 93.4 cm³/mol. The second-order valence-electron chi connectivity index (χ2n) is 5.64. The van der Waals surface area contributed by atoms with E-state index in [1.54, 1.807) is 18.3 Å². The van der Waals surface area contributed by atoms with E-state index < -0.39 is 6.04 Å². The zero-order chi connectivity index (χ0) is 16.8. The molecule has 0 radical (unpaired) electrons. The first-order valence-corrected chi connectivity index (χ1v) is 8.50. The van der Waals surface area contributed by atoms with E-state index in [0.29, 0.717) is 0 Å². The zero-order valence-corrected chi connectivity index (χ0v) is 14.4. The summed E-state index contributed by atoms with van der Waals surface area (Å²) in [6, 6.07) is 11.5. The monoisotopic (exact) mass is 330 g/mol. The highest BCUT2D eigenvalue weighted by molar-refractivity contribution is 7.10. The van der Waals surface area contributed by atoms with Crippen molar-refractivity contribution in [3.63, 3.8) is 0 Å². The van der Waals surface area contributed by atoms with Gasteiger partial charge in [-0.3, -0.25) is 9.59 Å². The van der Waals surface area contributed by atoms with Crippen LogP contribution in [0.25, 0.3) is 0 Å². The van der Waals surface area contributed by atoms with Crippen molar-refractivity contribution < 1.29 is 9.59 Å². The molecule has 0 bridgehead atoms. The van der Waals surface area contributed by atoms with Crippen molar-refractivity contribution in [1.29, 1.82) is 0 Å². The highest BCUT2D eigenvalue weighted by Gasteiger charge is 2.22. The molecular formula is C18H22N2O2S. The summed E-state index contributed by atoms with van der Waals surface area (Å²) in [5, 5.41) is 7.73. The highest BCUT2D eigenvalue weighted by Crippen LogP contribution is 2.27. The second-order valence-corrected chi connectivity index (χ2v) is 6.59. The summed E-state index contributed by atoms with van der Waals surface area (Å²) in [5.41, 5.74) is 2.33. The number of amides is 2. The first-order chi connectivity index (χ1) is 11.0. The molecule has 0 aliphatic rings. The Balaban J connectivity index is 2.16. The lowest BCUT2D eigenvalue weighted by Gasteiger charge is -2.21. The summed E-state index contributed by atoms with van der Waals surface area (Å²) < 4.78 is 0. The molecule has 122 valence electrons. The van der Waals surface area contributed by atoms with E-state index in [1.165, 1.54) is 12.5 Å². The molecule has 1 aromatic heterocycles. The van der Waals surface area contributed by atoms with Crippen LogP contribution < -0.4 is 10.6 Å². The van der Waals surface area contributed by atoms with E-state index in [4.69, 9.17) is 0 Å². The fraction of sp³-hybridized carbons (Fsp3) is 0.333. The molecule has 0 saturated heterocycles. The third kappa shape index (κ3) is 4.93. The molecule has 23 heavy (non-hydrogen) atoms. The average Bonchev–Trinajstić information content (AvgIpc) is 2.93. The van der Waals surface area contributed by atoms with Gasteiger partial charge in [-0.2, -0.15) is 0 Å². The smallest absolute Gasteiger partial charge is 0.242 e. The van der Waals surface area contributed by atoms with Gasteiger partial charge in [-0.25, -0.2) is 0 Å². The van der Waals surface area contributed by atoms with E-state index in [1.807, 2.05) is 30.5 Å². The van der Waals surface area contributed by atoms with Gasteiger partial charge in [0.1, 0.15) is 6.04 Å². The van der Waals surface area contributed by atoms with E-state index >= 15 is 0 Å². The topological polar surface area (TPSA) is 58.2 Å². The molecule has 4 nitrogen and oxygen atoms in total. The lowest BCUT2D eigenvalue weighted by Crippen LogP contribution is -2.45. The van der Waals surface area contributed by atoms with E-state index in [9.17, 15) is 9.59 Å². The van der Waals surface area contributed by atoms with Crippen LogP contribution in [0.1, 0.15) is 35.9 Å². The standard InChI is InChI=1S/C18H22N2O2S/c1-12-9-10-23-17(12)16(11-15-7-5-4-6-8-15)20-18(22)13(2)19-14(3)21/h4-10,13,16H,11H2,1-3H3,(H,19,21)(H,20,22). The van der Waals surface area contributed by atoms with Crippen LogP contribution in [-0.2, 0) is 16.0 Å². The molecule has 2 N–H and O–H groups in total. The van der Waals surface area contributed by atoms with Gasteiger partial charge in [0.2, 0.25) is 11.8 Å². The summed E-state index contributed by atoms with van der Waals surface area (Å²) in [6.07, 6.45) is 0.723. The number of nitrogens with one attached hydrogen (secondary N) is 2. The molecule has 0 spiro atoms. The lowest BCUT2D eigenvalue weighted by atomic mass is 10.0. The Hall–Kier alpha value is -2.14. The van der Waals surface area contributed by atoms with E-state index in [2.05, 4.69) is 28.8 Å². The molecule has 2 amide bonds. The fourth-order valence-electron chi connectivity index (χ4n) is 2.47. The first kappa shape index (κ1) is 17.2. The molecule has 2 atom stereocenters. The number of rotatable bonds is 6. The Morgan fingerprint density at radius 1 is 1.13 bits per heavy atom. The summed E-state index contributed by atoms with van der Waals surface area (Å²) in [5.74, 6) is -0.381. The SMILES string of the molecule is CC(=O)NC(C)C(=O)NC(Cc1ccccc1)c1sccc1C. The van der Waals surface area contributed by atoms with Crippen molar-refractivity contribution in [3.05, 3.63) is 57.8 Å². The molecule has 2 unspecified atom stereocenters. The largest absolute Gasteiger partial charge is 0.346 e. The summed E-state index contributed by atoms with van der Waals surface area (Å²) in [4.78, 5) is 24.6. The number of carbonyl (C=O) groups is 2. The van der Waals surface area contributed by atoms with Gasteiger partial charge in [-0.1, -0.05) is 30.3 Å². The minimum absolute atomic E-state index is 0.0962. The molecule has 0 aliphatic carbocycles. The third-order valence-electron chi connectivity index (χ3n) is 3.63. The maximum atomic E-state index is 12.4. The second kappa shape index (κ2) is 7.92. The quantitative estimate of drug-likeness (QED) is 0.855. The molecule has 1 heterocycles. The number of hydrogen-bond acceptors (Lipinski definition) is 3. The highest BCUT2D eigenvalue weighted by atomic mass is 32.1. The first-order valence-electron chi connectivity index (χ1n) is 7.62. The summed E-state index contributed by atoms with van der Waals surface area (Å²) in [7, 11) is 0. The van der Waals surface area contributed by atoms with Crippen LogP contribution in [0.2, 0.25) is 0 Å². The van der Waals surface area contributed by atoms with Crippen LogP contribution in [-0.4, -0.2) is 17.9 Å². The Kier molecular flexibility index (Phi) is 5.93. The van der Waals surface area contributed by atoms with Gasteiger partial charge in [-0.05, 0) is 42.8 Å². The zero-order valence-electron chi connectivity index (χ0n) is 13.6. The van der Waals surface area contributed by atoms with Crippen molar-refractivity contribution >= 4 is 23.2 Å². The van der Waals surface area contributed by atoms with Gasteiger partial charge in [0, 0.05) is 11.8 Å². The number of carbonyl (C=O) groups excluding carboxylic acids is 2. The number of thiophene rings is 1. The van der Waals surface area contributed by atoms with Gasteiger partial charge in [0.05, 0.1) is 6.04 Å². The van der Waals surface area contributed by atoms with E-state index in [0.717, 1.165) is 16.9 Å². The minimum Gasteiger partial charge on any atom is -0.346 e. The minimum atomic E-state index is -0.550. The van der Waals surface area contributed by atoms with Gasteiger partial charge in [0.15, 0.2) is 0 Å². The predicted octanol–water partition coefficient (Wildman–Crippen LogP) is 2.98. The Bertz CT molecular complexity index is 667. The Morgan fingerprint density at radius 2 is 1.83 bits per heavy atom. The van der Waals surface area contributed by atoms with Crippen LogP contribution >= 0.6 is 11.3 Å². The molecular weight excluding hydrogens is 308 g/mol. The van der Waals surface area contributed by atoms with Crippen molar-refractivity contribution in [1.82, 2.24) is 10.6 Å². The van der Waals surface area contributed by atoms with Gasteiger partial charge in [-0.15, -0.1) is 11.3 Å². The van der Waals surface area contributed by atoms with Gasteiger partial charge < -0.3 is 10.6 Å². The molecule has 2 rings (SSSR count). The number of hydrogen-bond donors (Lipinski definition) is 2. The molecule has 2 aromatic rings. The number of benzene rings is 1. The van der Waals surface area contributed by atoms with Gasteiger partial charge in [0.25, 0.3) is 0 Å². The van der Waals surface area contributed by atoms with Crippen LogP contribution in [0.5, 0.6) is 0 Å². The molecule has 0 fully saturated rings. The molecule has 1 aromatic carbocycles. The normalized spacial score (nSPS) is 13.2. The van der Waals surface area contributed by atoms with Gasteiger partial charge >= 0.3 is 0 Å². The maximum absolute atomic E-state index is 12.4. The molecule has 0 saturated carbocycles. The van der Waals surface area contributed by atoms with Crippen LogP contribution in [0, 0.1) is 6.92 Å². The fourth-order valence-corrected chi connectivity index (χ4v) is 3.45. The van der Waals surface area contributed by atoms with E-state index in [-0.39, 0.29) is 17.9 Å². The summed E-state index contributed by atoms with van der Waals surface area (Å²) in [6.45, 7) is 5.15. The van der Waals surface area contributed by atoms with Crippen LogP contribution in [0.4, 0.5) is 0 Å². The van der Waals surface area contributed by atoms with Crippen molar-refractivity contribution in [3.8, 4) is 0 Å². The Morgan fingerprint density at radius 3 is 2.39 bits per heavy atom. The van der Waals surface area contributed by atoms with Crippen LogP contribution in [0.3, 0.4) is 0 Å². The lowest BCUT2D eigenvalue weighted by molar-refractivity contribution is -0.128. The van der Waals surface area contributed by atoms with Crippen molar-refractivity contribution in [2.24, 2.45) is 0 Å². The third-order valence-corrected chi connectivity index (χ3v) is 4.76. The molecule has 5 heteroatoms. The number of aryl methyl sites for hydroxylation is 1. The average molecular weight is 330 g/mol. The summed E-state index contributed by atoms with van der Waals surface area (Å²) >= 11 is 1.64. The van der Waals surface area contributed by atoms with Crippen molar-refractivity contribution in [2.45, 2.75) is 39.3 Å². The molecule has 0 aliphatic heterocycles.